The number of nitrogens with one attached hydrogen (secondary N) is 1. The number of halogens is 1. The number of rotatable bonds is 3. The molecule has 0 amide bonds. The van der Waals surface area contributed by atoms with Crippen LogP contribution in [0.5, 0.6) is 0 Å². The summed E-state index contributed by atoms with van der Waals surface area (Å²) in [5.41, 5.74) is 1.11. The zero-order valence-corrected chi connectivity index (χ0v) is 14.2. The number of allylic oxidation sites excluding steroid dienone is 1. The van der Waals surface area contributed by atoms with Gasteiger partial charge in [0.25, 0.3) is 0 Å². The van der Waals surface area contributed by atoms with Gasteiger partial charge in [0.2, 0.25) is 0 Å². The summed E-state index contributed by atoms with van der Waals surface area (Å²) in [6.45, 7) is 7.74. The van der Waals surface area contributed by atoms with Crippen LogP contribution in [0.3, 0.4) is 0 Å². The van der Waals surface area contributed by atoms with Gasteiger partial charge in [-0.3, -0.25) is 4.90 Å². The third-order valence-electron chi connectivity index (χ3n) is 5.55. The fourth-order valence-electron chi connectivity index (χ4n) is 4.34. The van der Waals surface area contributed by atoms with Crippen molar-refractivity contribution in [3.05, 3.63) is 35.6 Å². The van der Waals surface area contributed by atoms with E-state index < -0.39 is 0 Å². The molecule has 1 unspecified atom stereocenters. The lowest BCUT2D eigenvalue weighted by Gasteiger charge is -2.54. The molecule has 2 fully saturated rings. The molecule has 130 valence electrons. The molecule has 3 aliphatic heterocycles. The SMILES string of the molecule is CCC1=C2CC(N3CCNCC3)(CCO2)CN1c1ncccc1F. The fourth-order valence-corrected chi connectivity index (χ4v) is 4.34. The Labute approximate surface area is 142 Å². The first kappa shape index (κ1) is 15.8. The van der Waals surface area contributed by atoms with Crippen LogP contribution in [0.4, 0.5) is 10.2 Å². The minimum absolute atomic E-state index is 0.0261. The smallest absolute Gasteiger partial charge is 0.169 e. The van der Waals surface area contributed by atoms with Crippen LogP contribution in [0, 0.1) is 5.82 Å². The Morgan fingerprint density at radius 3 is 2.96 bits per heavy atom. The summed E-state index contributed by atoms with van der Waals surface area (Å²) in [7, 11) is 0. The van der Waals surface area contributed by atoms with Gasteiger partial charge >= 0.3 is 0 Å². The normalized spacial score (nSPS) is 28.0. The Bertz CT molecular complexity index is 644. The largest absolute Gasteiger partial charge is 0.496 e. The zero-order valence-electron chi connectivity index (χ0n) is 14.2. The number of piperazine rings is 1. The highest BCUT2D eigenvalue weighted by molar-refractivity contribution is 5.51. The van der Waals surface area contributed by atoms with Crippen LogP contribution in [-0.2, 0) is 4.74 Å². The van der Waals surface area contributed by atoms with Crippen LogP contribution in [0.15, 0.2) is 29.8 Å². The Kier molecular flexibility index (Phi) is 4.18. The molecular weight excluding hydrogens is 307 g/mol. The molecule has 4 rings (SSSR count). The lowest BCUT2D eigenvalue weighted by molar-refractivity contribution is -0.00556. The highest BCUT2D eigenvalue weighted by Crippen LogP contribution is 2.43. The molecule has 0 radical (unpaired) electrons. The number of hydrogen-bond donors (Lipinski definition) is 1. The van der Waals surface area contributed by atoms with Crippen molar-refractivity contribution >= 4 is 5.82 Å². The van der Waals surface area contributed by atoms with Gasteiger partial charge in [-0.2, -0.15) is 0 Å². The van der Waals surface area contributed by atoms with Crippen LogP contribution >= 0.6 is 0 Å². The Hall–Kier alpha value is -1.66. The molecule has 1 N–H and O–H groups in total. The van der Waals surface area contributed by atoms with E-state index in [1.165, 1.54) is 6.07 Å². The summed E-state index contributed by atoms with van der Waals surface area (Å²) in [4.78, 5) is 8.97. The van der Waals surface area contributed by atoms with Gasteiger partial charge < -0.3 is 15.0 Å². The van der Waals surface area contributed by atoms with Gasteiger partial charge in [-0.1, -0.05) is 6.92 Å². The monoisotopic (exact) mass is 332 g/mol. The number of ether oxygens (including phenoxy) is 1. The quantitative estimate of drug-likeness (QED) is 0.918. The van der Waals surface area contributed by atoms with E-state index in [1.807, 2.05) is 0 Å². The van der Waals surface area contributed by atoms with Crippen molar-refractivity contribution in [2.24, 2.45) is 0 Å². The number of hydrogen-bond acceptors (Lipinski definition) is 5. The van der Waals surface area contributed by atoms with Gasteiger partial charge in [0.1, 0.15) is 5.76 Å². The van der Waals surface area contributed by atoms with Gasteiger partial charge in [0.05, 0.1) is 12.3 Å². The minimum atomic E-state index is -0.264. The van der Waals surface area contributed by atoms with Gasteiger partial charge in [-0.05, 0) is 18.6 Å². The molecule has 4 heterocycles. The molecule has 6 heteroatoms. The maximum Gasteiger partial charge on any atom is 0.169 e. The third kappa shape index (κ3) is 2.58. The summed E-state index contributed by atoms with van der Waals surface area (Å²) in [5.74, 6) is 1.19. The van der Waals surface area contributed by atoms with Crippen molar-refractivity contribution in [2.45, 2.75) is 31.7 Å². The number of anilines is 1. The molecule has 0 aromatic carbocycles. The lowest BCUT2D eigenvalue weighted by Crippen LogP contribution is -2.64. The van der Waals surface area contributed by atoms with Crippen molar-refractivity contribution in [1.82, 2.24) is 15.2 Å². The van der Waals surface area contributed by atoms with E-state index >= 15 is 0 Å². The molecule has 5 nitrogen and oxygen atoms in total. The molecule has 1 atom stereocenters. The molecule has 0 saturated carbocycles. The van der Waals surface area contributed by atoms with Gasteiger partial charge in [-0.15, -0.1) is 0 Å². The molecule has 24 heavy (non-hydrogen) atoms. The Morgan fingerprint density at radius 2 is 2.21 bits per heavy atom. The molecule has 0 spiro atoms. The van der Waals surface area contributed by atoms with Gasteiger partial charge in [0, 0.05) is 57.3 Å². The average molecular weight is 332 g/mol. The number of nitrogens with zero attached hydrogens (tertiary/aromatic N) is 3. The van der Waals surface area contributed by atoms with E-state index in [0.717, 1.165) is 70.0 Å². The first-order chi connectivity index (χ1) is 11.7. The molecule has 1 aromatic heterocycles. The predicted molar refractivity (Wildman–Crippen MR) is 91.2 cm³/mol. The third-order valence-corrected chi connectivity index (χ3v) is 5.55. The van der Waals surface area contributed by atoms with E-state index in [4.69, 9.17) is 4.74 Å². The fraction of sp³-hybridized carbons (Fsp3) is 0.611. The molecule has 2 bridgehead atoms. The van der Waals surface area contributed by atoms with E-state index in [9.17, 15) is 4.39 Å². The first-order valence-corrected chi connectivity index (χ1v) is 8.92. The Morgan fingerprint density at radius 1 is 1.38 bits per heavy atom. The minimum Gasteiger partial charge on any atom is -0.496 e. The molecular formula is C18H25FN4O. The van der Waals surface area contributed by atoms with Crippen molar-refractivity contribution in [3.63, 3.8) is 0 Å². The van der Waals surface area contributed by atoms with Crippen molar-refractivity contribution in [1.29, 1.82) is 0 Å². The van der Waals surface area contributed by atoms with E-state index in [1.54, 1.807) is 12.3 Å². The topological polar surface area (TPSA) is 40.6 Å². The maximum absolute atomic E-state index is 14.4. The first-order valence-electron chi connectivity index (χ1n) is 8.92. The maximum atomic E-state index is 14.4. The van der Waals surface area contributed by atoms with Crippen molar-refractivity contribution in [2.75, 3.05) is 44.2 Å². The Balaban J connectivity index is 1.75. The number of aromatic nitrogens is 1. The van der Waals surface area contributed by atoms with Crippen LogP contribution in [0.1, 0.15) is 26.2 Å². The summed E-state index contributed by atoms with van der Waals surface area (Å²) in [6.07, 6.45) is 4.40. The van der Waals surface area contributed by atoms with Crippen molar-refractivity contribution in [3.8, 4) is 0 Å². The number of fused-ring (bicyclic) bond motifs is 2. The van der Waals surface area contributed by atoms with Gasteiger partial charge in [-0.25, -0.2) is 9.37 Å². The van der Waals surface area contributed by atoms with Crippen LogP contribution in [0.2, 0.25) is 0 Å². The van der Waals surface area contributed by atoms with Crippen LogP contribution in [0.25, 0.3) is 0 Å². The molecule has 0 aliphatic carbocycles. The summed E-state index contributed by atoms with van der Waals surface area (Å²) < 4.78 is 20.4. The van der Waals surface area contributed by atoms with Crippen LogP contribution < -0.4 is 10.2 Å². The highest BCUT2D eigenvalue weighted by atomic mass is 19.1. The van der Waals surface area contributed by atoms with E-state index in [-0.39, 0.29) is 11.4 Å². The second-order valence-corrected chi connectivity index (χ2v) is 6.86. The average Bonchev–Trinajstić information content (AvgIpc) is 2.63. The number of pyridine rings is 1. The zero-order chi connectivity index (χ0) is 16.6. The summed E-state index contributed by atoms with van der Waals surface area (Å²) in [6, 6.07) is 3.13. The lowest BCUT2D eigenvalue weighted by atomic mass is 9.81. The second kappa shape index (κ2) is 6.33. The van der Waals surface area contributed by atoms with Gasteiger partial charge in [0.15, 0.2) is 11.6 Å². The summed E-state index contributed by atoms with van der Waals surface area (Å²) in [5, 5.41) is 3.43. The van der Waals surface area contributed by atoms with Crippen molar-refractivity contribution < 1.29 is 9.13 Å². The van der Waals surface area contributed by atoms with E-state index in [0.29, 0.717) is 5.82 Å². The molecule has 2 saturated heterocycles. The molecule has 1 aromatic rings. The van der Waals surface area contributed by atoms with E-state index in [2.05, 4.69) is 27.0 Å². The molecule has 3 aliphatic rings. The second-order valence-electron chi connectivity index (χ2n) is 6.86. The summed E-state index contributed by atoms with van der Waals surface area (Å²) >= 11 is 0. The predicted octanol–water partition coefficient (Wildman–Crippen LogP) is 2.12. The highest BCUT2D eigenvalue weighted by Gasteiger charge is 2.47. The standard InChI is InChI=1S/C18H25FN4O/c1-2-15-16-12-18(5-11-24-16,22-9-7-20-8-10-22)13-23(15)17-14(19)4-3-6-21-17/h3-4,6,20H,2,5,7-13H2,1H3. The van der Waals surface area contributed by atoms with Crippen LogP contribution in [-0.4, -0.2) is 54.8 Å².